The van der Waals surface area contributed by atoms with Crippen molar-refractivity contribution in [3.63, 3.8) is 0 Å². The molecule has 2 atom stereocenters. The van der Waals surface area contributed by atoms with Crippen LogP contribution in [0.15, 0.2) is 132 Å². The molecule has 2 unspecified atom stereocenters. The third-order valence-corrected chi connectivity index (χ3v) is 67.1. The van der Waals surface area contributed by atoms with Gasteiger partial charge in [0.05, 0.1) is 0 Å². The number of allylic oxidation sites excluding steroid dienone is 2. The van der Waals surface area contributed by atoms with E-state index in [1.807, 2.05) is 0 Å². The van der Waals surface area contributed by atoms with Crippen LogP contribution in [0.5, 0.6) is 0 Å². The van der Waals surface area contributed by atoms with Crippen LogP contribution in [0.3, 0.4) is 0 Å². The molecular weight excluding hydrogens is 839 g/mol. The van der Waals surface area contributed by atoms with Crippen molar-refractivity contribution >= 4 is 56.6 Å². The number of rotatable bonds is 13. The summed E-state index contributed by atoms with van der Waals surface area (Å²) in [4.78, 5) is 0. The summed E-state index contributed by atoms with van der Waals surface area (Å²) in [5.41, 5.74) is 14.7. The van der Waals surface area contributed by atoms with Gasteiger partial charge in [0, 0.05) is 0 Å². The average Bonchev–Trinajstić information content (AvgIpc) is 4.09. The molecule has 0 bridgehead atoms. The Bertz CT molecular complexity index is 2480. The summed E-state index contributed by atoms with van der Waals surface area (Å²) in [6, 6.07) is 45.7. The van der Waals surface area contributed by atoms with Gasteiger partial charge in [0.15, 0.2) is 0 Å². The summed E-state index contributed by atoms with van der Waals surface area (Å²) in [5, 5.41) is 5.13. The molecule has 6 aromatic carbocycles. The van der Waals surface area contributed by atoms with Gasteiger partial charge in [-0.25, -0.2) is 0 Å². The molecule has 4 heteroatoms. The molecule has 0 N–H and O–H groups in total. The second-order valence-electron chi connectivity index (χ2n) is 19.3. The van der Waals surface area contributed by atoms with Crippen molar-refractivity contribution in [2.45, 2.75) is 98.4 Å². The molecule has 4 aliphatic carbocycles. The van der Waals surface area contributed by atoms with Gasteiger partial charge in [0.1, 0.15) is 0 Å². The van der Waals surface area contributed by atoms with Crippen LogP contribution in [-0.4, -0.2) is 5.92 Å². The van der Waals surface area contributed by atoms with E-state index in [4.69, 9.17) is 17.0 Å². The Hall–Kier alpha value is -3.00. The molecule has 0 nitrogen and oxygen atoms in total. The molecule has 0 radical (unpaired) electrons. The fraction of sp³-hybridized carbons (Fsp3) is 0.333. The number of hydrogen-bond donors (Lipinski definition) is 0. The first-order valence-electron chi connectivity index (χ1n) is 22.3. The second kappa shape index (κ2) is 14.6. The van der Waals surface area contributed by atoms with Crippen LogP contribution in [0.4, 0.5) is 0 Å². The van der Waals surface area contributed by atoms with Gasteiger partial charge in [-0.1, -0.05) is 0 Å². The summed E-state index contributed by atoms with van der Waals surface area (Å²) in [7, 11) is 18.3. The third-order valence-electron chi connectivity index (χ3n) is 15.3. The first-order valence-corrected chi connectivity index (χ1v) is 38.6. The summed E-state index contributed by atoms with van der Waals surface area (Å²) < 4.78 is 0.206. The van der Waals surface area contributed by atoms with E-state index < -0.39 is 21.5 Å². The first kappa shape index (κ1) is 39.2. The van der Waals surface area contributed by atoms with Gasteiger partial charge in [-0.3, -0.25) is 0 Å². The van der Waals surface area contributed by atoms with E-state index in [9.17, 15) is 0 Å². The minimum atomic E-state index is -5.05. The van der Waals surface area contributed by atoms with E-state index in [0.29, 0.717) is 10.8 Å². The Morgan fingerprint density at radius 3 is 1.33 bits per heavy atom. The number of benzene rings is 6. The quantitative estimate of drug-likeness (QED) is 0.101. The normalized spacial score (nSPS) is 20.7. The minimum absolute atomic E-state index is 0.103. The van der Waals surface area contributed by atoms with Crippen LogP contribution >= 0.6 is 17.0 Å². The number of fused-ring (bicyclic) bond motifs is 4. The molecule has 0 aliphatic heterocycles. The Morgan fingerprint density at radius 2 is 0.948 bits per heavy atom. The molecule has 295 valence electrons. The first-order chi connectivity index (χ1) is 28.0. The van der Waals surface area contributed by atoms with Crippen LogP contribution < -0.4 is 0 Å². The Balaban J connectivity index is 1.18. The van der Waals surface area contributed by atoms with Gasteiger partial charge in [-0.2, -0.15) is 0 Å². The summed E-state index contributed by atoms with van der Waals surface area (Å²) in [5.74, 6) is -1.73. The predicted molar refractivity (Wildman–Crippen MR) is 253 cm³/mol. The monoisotopic (exact) mass is 893 g/mol. The second-order valence-corrected chi connectivity index (χ2v) is 61.8. The maximum absolute atomic E-state index is 9.15. The summed E-state index contributed by atoms with van der Waals surface area (Å²) in [6.45, 7) is 9.81. The topological polar surface area (TPSA) is 0 Å². The van der Waals surface area contributed by atoms with Crippen molar-refractivity contribution in [3.05, 3.63) is 155 Å². The molecule has 6 aromatic rings. The number of hydrogen-bond acceptors (Lipinski definition) is 0. The van der Waals surface area contributed by atoms with Gasteiger partial charge < -0.3 is 0 Å². The Labute approximate surface area is 355 Å². The Kier molecular flexibility index (Phi) is 9.84. The van der Waals surface area contributed by atoms with Crippen molar-refractivity contribution in [2.75, 3.05) is 0 Å². The molecular formula is C54H57Cl2SiZr. The zero-order valence-corrected chi connectivity index (χ0v) is 39.9. The summed E-state index contributed by atoms with van der Waals surface area (Å²) >= 11 is -5.05. The van der Waals surface area contributed by atoms with Crippen LogP contribution in [-0.2, 0) is 15.6 Å². The van der Waals surface area contributed by atoms with E-state index in [2.05, 4.69) is 160 Å². The van der Waals surface area contributed by atoms with Crippen LogP contribution in [0.1, 0.15) is 108 Å². The Morgan fingerprint density at radius 1 is 0.534 bits per heavy atom. The van der Waals surface area contributed by atoms with Gasteiger partial charge in [-0.05, 0) is 0 Å². The molecule has 0 aromatic heterocycles. The maximum atomic E-state index is 9.15. The fourth-order valence-electron chi connectivity index (χ4n) is 11.9. The number of halogens is 2. The zero-order valence-electron chi connectivity index (χ0n) is 34.8. The van der Waals surface area contributed by atoms with Crippen LogP contribution in [0.2, 0.25) is 13.1 Å². The average molecular weight is 896 g/mol. The fourth-order valence-corrected chi connectivity index (χ4v) is 43.2. The SMILES string of the molecule is CCCC1(CC2=Cc3c(-c4ccc5ccccc5c4)cccc3[CH]2[Zr]([Cl])([Cl])([CH]2C(CC3(CCC)CC3)=Cc3c(-c4ccc5ccccc5c4)cccc32)[SiH](C)C)CC1. The molecule has 2 saturated carbocycles. The van der Waals surface area contributed by atoms with Gasteiger partial charge in [-0.15, -0.1) is 0 Å². The third kappa shape index (κ3) is 6.46. The van der Waals surface area contributed by atoms with Crippen molar-refractivity contribution in [1.29, 1.82) is 0 Å². The van der Waals surface area contributed by atoms with Crippen molar-refractivity contribution < 1.29 is 15.6 Å². The van der Waals surface area contributed by atoms with E-state index in [0.717, 1.165) is 12.8 Å². The van der Waals surface area contributed by atoms with Crippen molar-refractivity contribution in [2.24, 2.45) is 10.8 Å². The van der Waals surface area contributed by atoms with E-state index in [1.54, 1.807) is 11.1 Å². The molecule has 0 spiro atoms. The standard InChI is InChI=1S/2C26H25.C2H7Si.2ClH.Zr/c2*1-2-12-26(13-14-26)18-19-15-22-8-5-9-24(25(22)16-19)23-11-10-20-6-3-4-7-21(20)17-23;1-3-2;;;/h2*3-11,15-17H,2,12-14,18H2,1H3;3H,1-2H3;2*1H;/q;;;;;+2/p-2. The van der Waals surface area contributed by atoms with Gasteiger partial charge >= 0.3 is 358 Å². The molecule has 58 heavy (non-hydrogen) atoms. The summed E-state index contributed by atoms with van der Waals surface area (Å²) in [6.07, 6.45) is 17.8. The molecule has 4 aliphatic rings. The van der Waals surface area contributed by atoms with Crippen molar-refractivity contribution in [3.8, 4) is 22.3 Å². The van der Waals surface area contributed by atoms with Crippen LogP contribution in [0.25, 0.3) is 56.0 Å². The molecule has 0 saturated heterocycles. The van der Waals surface area contributed by atoms with Gasteiger partial charge in [0.25, 0.3) is 0 Å². The molecule has 2 fully saturated rings. The van der Waals surface area contributed by atoms with E-state index in [1.165, 1.54) is 117 Å². The van der Waals surface area contributed by atoms with E-state index in [-0.39, 0.29) is 7.25 Å². The zero-order chi connectivity index (χ0) is 39.9. The van der Waals surface area contributed by atoms with Crippen LogP contribution in [0, 0.1) is 10.8 Å². The van der Waals surface area contributed by atoms with Crippen molar-refractivity contribution in [1.82, 2.24) is 0 Å². The molecule has 0 amide bonds. The van der Waals surface area contributed by atoms with Gasteiger partial charge in [0.2, 0.25) is 0 Å². The predicted octanol–water partition coefficient (Wildman–Crippen LogP) is 16.8. The molecule has 10 rings (SSSR count). The van der Waals surface area contributed by atoms with E-state index >= 15 is 0 Å². The molecule has 0 heterocycles.